The fourth-order valence-electron chi connectivity index (χ4n) is 3.56. The summed E-state index contributed by atoms with van der Waals surface area (Å²) in [5.41, 5.74) is 8.83. The summed E-state index contributed by atoms with van der Waals surface area (Å²) in [6.07, 6.45) is 6.87. The van der Waals surface area contributed by atoms with E-state index in [9.17, 15) is 4.39 Å². The van der Waals surface area contributed by atoms with Crippen molar-refractivity contribution in [3.05, 3.63) is 137 Å². The molecule has 3 aromatic carbocycles. The Morgan fingerprint density at radius 1 is 0.789 bits per heavy atom. The highest BCUT2D eigenvalue weighted by atomic mass is 19.1. The Morgan fingerprint density at radius 2 is 1.32 bits per heavy atom. The van der Waals surface area contributed by atoms with Gasteiger partial charge in [0.25, 0.3) is 0 Å². The van der Waals surface area contributed by atoms with E-state index >= 15 is 0 Å². The Balaban J connectivity index is 0.00000213. The lowest BCUT2D eigenvalue weighted by atomic mass is 9.99. The number of benzene rings is 3. The molecule has 2 heteroatoms. The van der Waals surface area contributed by atoms with Gasteiger partial charge in [0.05, 0.1) is 6.54 Å². The number of hydrogen-bond donors (Lipinski definition) is 0. The van der Waals surface area contributed by atoms with E-state index in [0.29, 0.717) is 12.1 Å². The number of aryl methyl sites for hydroxylation is 4. The fraction of sp³-hybridized carbons (Fsp3) is 0.306. The van der Waals surface area contributed by atoms with Gasteiger partial charge in [-0.2, -0.15) is 0 Å². The van der Waals surface area contributed by atoms with Crippen molar-refractivity contribution in [2.24, 2.45) is 4.99 Å². The molecule has 3 rings (SSSR count). The highest BCUT2D eigenvalue weighted by Gasteiger charge is 2.03. The van der Waals surface area contributed by atoms with Crippen LogP contribution >= 0.6 is 0 Å². The molecular weight excluding hydrogens is 465 g/mol. The summed E-state index contributed by atoms with van der Waals surface area (Å²) in [6, 6.07) is 22.3. The van der Waals surface area contributed by atoms with Crippen LogP contribution in [0.5, 0.6) is 0 Å². The van der Waals surface area contributed by atoms with Gasteiger partial charge in [0.2, 0.25) is 0 Å². The molecule has 0 radical (unpaired) electrons. The minimum Gasteiger partial charge on any atom is -0.288 e. The molecule has 1 nitrogen and oxygen atoms in total. The molecule has 0 aromatic heterocycles. The third-order valence-corrected chi connectivity index (χ3v) is 5.56. The van der Waals surface area contributed by atoms with Gasteiger partial charge in [0.15, 0.2) is 0 Å². The summed E-state index contributed by atoms with van der Waals surface area (Å²) in [7, 11) is 0. The summed E-state index contributed by atoms with van der Waals surface area (Å²) in [5.74, 6) is -0.145. The largest absolute Gasteiger partial charge is 0.288 e. The Labute approximate surface area is 232 Å². The van der Waals surface area contributed by atoms with Gasteiger partial charge in [-0.1, -0.05) is 118 Å². The molecule has 38 heavy (non-hydrogen) atoms. The van der Waals surface area contributed by atoms with E-state index in [0.717, 1.165) is 36.0 Å². The molecule has 0 atom stereocenters. The monoisotopic (exact) mass is 513 g/mol. The number of halogens is 1. The minimum atomic E-state index is -0.145. The molecule has 0 saturated heterocycles. The van der Waals surface area contributed by atoms with Crippen LogP contribution in [0.25, 0.3) is 5.57 Å². The Kier molecular flexibility index (Phi) is 18.6. The SMILES string of the molecule is C=C.C=C(/C=C(\C=NCc1ccc(C)cc1)c1ccc(C)cc1)CCCc1ccc(F)c(C)c1.CC.CC. The fourth-order valence-corrected chi connectivity index (χ4v) is 3.56. The average molecular weight is 514 g/mol. The molecule has 0 aliphatic carbocycles. The maximum absolute atomic E-state index is 13.5. The summed E-state index contributed by atoms with van der Waals surface area (Å²) in [6.45, 7) is 24.9. The molecule has 0 spiro atoms. The van der Waals surface area contributed by atoms with E-state index in [4.69, 9.17) is 4.99 Å². The first-order chi connectivity index (χ1) is 18.4. The molecule has 0 N–H and O–H groups in total. The van der Waals surface area contributed by atoms with E-state index in [-0.39, 0.29) is 5.82 Å². The first-order valence-electron chi connectivity index (χ1n) is 13.7. The highest BCUT2D eigenvalue weighted by Crippen LogP contribution is 2.19. The molecule has 0 aliphatic heterocycles. The second-order valence-electron chi connectivity index (χ2n) is 8.52. The van der Waals surface area contributed by atoms with E-state index < -0.39 is 0 Å². The first kappa shape index (κ1) is 34.5. The smallest absolute Gasteiger partial charge is 0.126 e. The molecule has 0 unspecified atom stereocenters. The van der Waals surface area contributed by atoms with Crippen molar-refractivity contribution >= 4 is 11.8 Å². The molecule has 0 amide bonds. The van der Waals surface area contributed by atoms with E-state index in [1.807, 2.05) is 53.0 Å². The topological polar surface area (TPSA) is 12.4 Å². The van der Waals surface area contributed by atoms with E-state index in [1.54, 1.807) is 6.07 Å². The van der Waals surface area contributed by atoms with Crippen LogP contribution in [0.4, 0.5) is 4.39 Å². The van der Waals surface area contributed by atoms with Gasteiger partial charge in [-0.25, -0.2) is 4.39 Å². The number of rotatable bonds is 9. The standard InChI is InChI=1S/C30H32FN.2C2H6.C2H4/c1-22-8-12-27(13-9-22)20-32-21-29(28-15-10-23(2)11-16-28)18-24(3)6-5-7-26-14-17-30(31)25(4)19-26;3*1-2/h8-19,21H,3,5-7,20H2,1-2,4H3;2*1-2H3;1-2H2/b29-18+,32-21?;;;. The molecule has 0 aliphatic rings. The van der Waals surface area contributed by atoms with Crippen molar-refractivity contribution < 1.29 is 4.39 Å². The average Bonchev–Trinajstić information content (AvgIpc) is 2.95. The van der Waals surface area contributed by atoms with Crippen LogP contribution < -0.4 is 0 Å². The van der Waals surface area contributed by atoms with Crippen molar-refractivity contribution in [3.63, 3.8) is 0 Å². The summed E-state index contributed by atoms with van der Waals surface area (Å²) in [5, 5.41) is 0. The van der Waals surface area contributed by atoms with Gasteiger partial charge < -0.3 is 0 Å². The summed E-state index contributed by atoms with van der Waals surface area (Å²) < 4.78 is 13.5. The lowest BCUT2D eigenvalue weighted by Crippen LogP contribution is -1.92. The molecule has 204 valence electrons. The van der Waals surface area contributed by atoms with Gasteiger partial charge in [-0.3, -0.25) is 4.99 Å². The Hall–Kier alpha value is -3.52. The van der Waals surface area contributed by atoms with Crippen LogP contribution in [0.15, 0.2) is 103 Å². The lowest BCUT2D eigenvalue weighted by Gasteiger charge is -2.07. The van der Waals surface area contributed by atoms with Gasteiger partial charge in [-0.05, 0) is 73.9 Å². The zero-order valence-electron chi connectivity index (χ0n) is 24.8. The van der Waals surface area contributed by atoms with Crippen LogP contribution in [0, 0.1) is 26.6 Å². The first-order valence-corrected chi connectivity index (χ1v) is 13.7. The normalized spacial score (nSPS) is 10.4. The maximum Gasteiger partial charge on any atom is 0.126 e. The van der Waals surface area contributed by atoms with Crippen molar-refractivity contribution in [1.82, 2.24) is 0 Å². The minimum absolute atomic E-state index is 0.145. The lowest BCUT2D eigenvalue weighted by molar-refractivity contribution is 0.617. The van der Waals surface area contributed by atoms with E-state index in [2.05, 4.69) is 88.2 Å². The van der Waals surface area contributed by atoms with Crippen molar-refractivity contribution in [3.8, 4) is 0 Å². The zero-order chi connectivity index (χ0) is 28.9. The van der Waals surface area contributed by atoms with Crippen LogP contribution in [0.1, 0.15) is 73.9 Å². The van der Waals surface area contributed by atoms with Crippen molar-refractivity contribution in [1.29, 1.82) is 0 Å². The van der Waals surface area contributed by atoms with Crippen molar-refractivity contribution in [2.75, 3.05) is 0 Å². The molecule has 0 heterocycles. The van der Waals surface area contributed by atoms with Gasteiger partial charge in [-0.15, -0.1) is 13.2 Å². The molecule has 0 bridgehead atoms. The second kappa shape index (κ2) is 20.5. The zero-order valence-corrected chi connectivity index (χ0v) is 24.8. The summed E-state index contributed by atoms with van der Waals surface area (Å²) >= 11 is 0. The van der Waals surface area contributed by atoms with Gasteiger partial charge in [0, 0.05) is 6.21 Å². The van der Waals surface area contributed by atoms with E-state index in [1.165, 1.54) is 22.3 Å². The van der Waals surface area contributed by atoms with Crippen LogP contribution in [0.3, 0.4) is 0 Å². The molecule has 0 fully saturated rings. The number of allylic oxidation sites excluding steroid dienone is 3. The maximum atomic E-state index is 13.5. The Bertz CT molecular complexity index is 1120. The van der Waals surface area contributed by atoms with Gasteiger partial charge >= 0.3 is 0 Å². The van der Waals surface area contributed by atoms with Crippen LogP contribution in [0.2, 0.25) is 0 Å². The molecule has 3 aromatic rings. The van der Waals surface area contributed by atoms with Crippen LogP contribution in [-0.2, 0) is 13.0 Å². The molecule has 0 saturated carbocycles. The predicted octanol–water partition coefficient (Wildman–Crippen LogP) is 10.8. The summed E-state index contributed by atoms with van der Waals surface area (Å²) in [4.78, 5) is 4.70. The third-order valence-electron chi connectivity index (χ3n) is 5.56. The number of aliphatic imine (C=N–C) groups is 1. The highest BCUT2D eigenvalue weighted by molar-refractivity contribution is 6.10. The number of hydrogen-bond acceptors (Lipinski definition) is 1. The number of nitrogens with zero attached hydrogens (tertiary/aromatic N) is 1. The van der Waals surface area contributed by atoms with Crippen molar-refractivity contribution in [2.45, 2.75) is 74.3 Å². The molecular formula is C36H48FN. The predicted molar refractivity (Wildman–Crippen MR) is 170 cm³/mol. The van der Waals surface area contributed by atoms with Gasteiger partial charge in [0.1, 0.15) is 5.82 Å². The van der Waals surface area contributed by atoms with Crippen LogP contribution in [-0.4, -0.2) is 6.21 Å². The quantitative estimate of drug-likeness (QED) is 0.153. The Morgan fingerprint density at radius 3 is 1.87 bits per heavy atom. The third kappa shape index (κ3) is 13.1. The second-order valence-corrected chi connectivity index (χ2v) is 8.52.